The Balaban J connectivity index is 1.16. The van der Waals surface area contributed by atoms with Crippen LogP contribution >= 0.6 is 0 Å². The molecule has 3 aliphatic rings. The van der Waals surface area contributed by atoms with Crippen LogP contribution in [0.15, 0.2) is 48.9 Å². The number of rotatable bonds is 7. The molecule has 2 aromatic carbocycles. The fraction of sp³-hybridized carbons (Fsp3) is 0.455. The lowest BCUT2D eigenvalue weighted by Crippen LogP contribution is -2.33. The molecule has 3 aliphatic heterocycles. The van der Waals surface area contributed by atoms with E-state index in [0.717, 1.165) is 56.8 Å². The molecule has 6 rings (SSSR count). The van der Waals surface area contributed by atoms with Crippen molar-refractivity contribution in [1.29, 1.82) is 0 Å². The number of benzene rings is 2. The van der Waals surface area contributed by atoms with Crippen molar-refractivity contribution in [1.82, 2.24) is 19.8 Å². The average molecular weight is 587 g/mol. The summed E-state index contributed by atoms with van der Waals surface area (Å²) in [6.45, 7) is 12.2. The van der Waals surface area contributed by atoms with E-state index in [4.69, 9.17) is 4.74 Å². The molecule has 2 fully saturated rings. The zero-order valence-corrected chi connectivity index (χ0v) is 25.5. The smallest absolute Gasteiger partial charge is 0.257 e. The van der Waals surface area contributed by atoms with Crippen LogP contribution in [0.3, 0.4) is 0 Å². The van der Waals surface area contributed by atoms with E-state index >= 15 is 0 Å². The average Bonchev–Trinajstić information content (AvgIpc) is 3.64. The highest BCUT2D eigenvalue weighted by Crippen LogP contribution is 2.44. The van der Waals surface area contributed by atoms with Crippen LogP contribution in [0.5, 0.6) is 11.5 Å². The molecule has 0 bridgehead atoms. The Morgan fingerprint density at radius 1 is 1.12 bits per heavy atom. The number of hydrogen-bond donors (Lipinski definition) is 1. The normalized spacial score (nSPS) is 21.0. The van der Waals surface area contributed by atoms with Crippen LogP contribution in [0.2, 0.25) is 0 Å². The molecule has 1 aromatic heterocycles. The number of halogens is 1. The predicted molar refractivity (Wildman–Crippen MR) is 163 cm³/mol. The number of carbonyl (C=O) groups is 2. The van der Waals surface area contributed by atoms with Crippen LogP contribution < -0.4 is 15.0 Å². The van der Waals surface area contributed by atoms with Crippen molar-refractivity contribution in [3.63, 3.8) is 0 Å². The van der Waals surface area contributed by atoms with Gasteiger partial charge in [-0.3, -0.25) is 14.5 Å². The number of anilines is 2. The van der Waals surface area contributed by atoms with Crippen molar-refractivity contribution >= 4 is 23.3 Å². The summed E-state index contributed by atoms with van der Waals surface area (Å²) in [4.78, 5) is 40.6. The van der Waals surface area contributed by atoms with Gasteiger partial charge in [-0.25, -0.2) is 14.4 Å². The SMILES string of the molecule is CC(C)N(C)C(=O)c1cc(F)ccc1Oc1cncnc1N1CCC2(CCN(Cc3ccc4c(c3)NC(=O)C4(C)C)C2)C1. The first-order chi connectivity index (χ1) is 20.5. The van der Waals surface area contributed by atoms with Gasteiger partial charge in [0.25, 0.3) is 5.91 Å². The largest absolute Gasteiger partial charge is 0.451 e. The van der Waals surface area contributed by atoms with Crippen LogP contribution in [-0.2, 0) is 16.8 Å². The number of amides is 2. The second kappa shape index (κ2) is 10.9. The molecular formula is C33H39FN6O3. The van der Waals surface area contributed by atoms with Crippen molar-refractivity contribution < 1.29 is 18.7 Å². The highest BCUT2D eigenvalue weighted by molar-refractivity contribution is 6.05. The lowest BCUT2D eigenvalue weighted by Gasteiger charge is -2.26. The molecule has 1 spiro atoms. The number of carbonyl (C=O) groups excluding carboxylic acids is 2. The molecule has 4 heterocycles. The lowest BCUT2D eigenvalue weighted by atomic mass is 9.86. The monoisotopic (exact) mass is 586 g/mol. The number of nitrogens with one attached hydrogen (secondary N) is 1. The summed E-state index contributed by atoms with van der Waals surface area (Å²) in [5, 5.41) is 3.04. The maximum Gasteiger partial charge on any atom is 0.257 e. The van der Waals surface area contributed by atoms with Gasteiger partial charge in [0.05, 0.1) is 17.2 Å². The highest BCUT2D eigenvalue weighted by Gasteiger charge is 2.44. The summed E-state index contributed by atoms with van der Waals surface area (Å²) in [6.07, 6.45) is 5.22. The minimum atomic E-state index is -0.502. The zero-order valence-electron chi connectivity index (χ0n) is 25.5. The number of hydrogen-bond acceptors (Lipinski definition) is 7. The van der Waals surface area contributed by atoms with E-state index in [-0.39, 0.29) is 34.6 Å². The van der Waals surface area contributed by atoms with Gasteiger partial charge < -0.3 is 19.9 Å². The van der Waals surface area contributed by atoms with E-state index in [0.29, 0.717) is 11.6 Å². The van der Waals surface area contributed by atoms with Gasteiger partial charge in [0.15, 0.2) is 11.6 Å². The molecule has 9 nitrogen and oxygen atoms in total. The van der Waals surface area contributed by atoms with E-state index in [9.17, 15) is 14.0 Å². The molecule has 0 aliphatic carbocycles. The highest BCUT2D eigenvalue weighted by atomic mass is 19.1. The fourth-order valence-electron chi connectivity index (χ4n) is 6.53. The van der Waals surface area contributed by atoms with Crippen LogP contribution in [0, 0.1) is 11.2 Å². The number of ether oxygens (including phenoxy) is 1. The van der Waals surface area contributed by atoms with Gasteiger partial charge in [0, 0.05) is 50.4 Å². The van der Waals surface area contributed by atoms with Crippen molar-refractivity contribution in [3.8, 4) is 11.5 Å². The van der Waals surface area contributed by atoms with Crippen molar-refractivity contribution in [2.75, 3.05) is 43.4 Å². The van der Waals surface area contributed by atoms with Gasteiger partial charge in [-0.15, -0.1) is 0 Å². The number of aromatic nitrogens is 2. The van der Waals surface area contributed by atoms with E-state index < -0.39 is 11.2 Å². The van der Waals surface area contributed by atoms with Crippen LogP contribution in [-0.4, -0.2) is 70.9 Å². The Labute approximate surface area is 252 Å². The van der Waals surface area contributed by atoms with Gasteiger partial charge in [0.2, 0.25) is 5.91 Å². The second-order valence-electron chi connectivity index (χ2n) is 13.1. The van der Waals surface area contributed by atoms with E-state index in [2.05, 4.69) is 43.3 Å². The number of likely N-dealkylation sites (tertiary alicyclic amines) is 1. The van der Waals surface area contributed by atoms with Gasteiger partial charge >= 0.3 is 0 Å². The third-order valence-electron chi connectivity index (χ3n) is 9.38. The third kappa shape index (κ3) is 5.44. The van der Waals surface area contributed by atoms with Crippen molar-refractivity contribution in [2.45, 2.75) is 58.5 Å². The molecule has 226 valence electrons. The predicted octanol–water partition coefficient (Wildman–Crippen LogP) is 5.22. The Bertz CT molecular complexity index is 1580. The summed E-state index contributed by atoms with van der Waals surface area (Å²) in [6, 6.07) is 10.3. The Morgan fingerprint density at radius 2 is 1.91 bits per heavy atom. The van der Waals surface area contributed by atoms with Crippen molar-refractivity contribution in [3.05, 3.63) is 71.4 Å². The molecule has 3 aromatic rings. The summed E-state index contributed by atoms with van der Waals surface area (Å²) in [5.41, 5.74) is 2.96. The Kier molecular flexibility index (Phi) is 7.36. The Hall–Kier alpha value is -4.05. The first kappa shape index (κ1) is 29.0. The minimum absolute atomic E-state index is 0.0454. The number of fused-ring (bicyclic) bond motifs is 1. The lowest BCUT2D eigenvalue weighted by molar-refractivity contribution is -0.119. The van der Waals surface area contributed by atoms with Crippen LogP contribution in [0.4, 0.5) is 15.9 Å². The first-order valence-electron chi connectivity index (χ1n) is 14.9. The fourth-order valence-corrected chi connectivity index (χ4v) is 6.53. The number of nitrogens with zero attached hydrogens (tertiary/aromatic N) is 5. The van der Waals surface area contributed by atoms with Gasteiger partial charge in [-0.05, 0) is 82.5 Å². The van der Waals surface area contributed by atoms with E-state index in [1.165, 1.54) is 30.1 Å². The topological polar surface area (TPSA) is 90.9 Å². The molecule has 2 saturated heterocycles. The molecule has 2 amide bonds. The molecule has 43 heavy (non-hydrogen) atoms. The third-order valence-corrected chi connectivity index (χ3v) is 9.38. The molecule has 0 radical (unpaired) electrons. The summed E-state index contributed by atoms with van der Waals surface area (Å²) < 4.78 is 20.4. The van der Waals surface area contributed by atoms with Gasteiger partial charge in [-0.1, -0.05) is 12.1 Å². The molecule has 0 saturated carbocycles. The van der Waals surface area contributed by atoms with Gasteiger partial charge in [0.1, 0.15) is 17.9 Å². The second-order valence-corrected chi connectivity index (χ2v) is 13.1. The van der Waals surface area contributed by atoms with Crippen LogP contribution in [0.1, 0.15) is 62.0 Å². The summed E-state index contributed by atoms with van der Waals surface area (Å²) in [5.74, 6) is 0.600. The zero-order chi connectivity index (χ0) is 30.5. The molecule has 1 atom stereocenters. The standard InChI is InChI=1S/C33H39FN6O3/c1-21(2)38(5)30(41)24-15-23(34)7-9-27(24)43-28-16-35-20-36-29(28)40-13-11-33(19-40)10-12-39(18-33)17-22-6-8-25-26(14-22)37-31(42)32(25,3)4/h6-9,14-16,20-21H,10-13,17-19H2,1-5H3,(H,37,42). The molecule has 10 heteroatoms. The van der Waals surface area contributed by atoms with Gasteiger partial charge in [-0.2, -0.15) is 0 Å². The minimum Gasteiger partial charge on any atom is -0.451 e. The van der Waals surface area contributed by atoms with Crippen molar-refractivity contribution in [2.24, 2.45) is 5.41 Å². The quantitative estimate of drug-likeness (QED) is 0.406. The summed E-state index contributed by atoms with van der Waals surface area (Å²) in [7, 11) is 1.69. The summed E-state index contributed by atoms with van der Waals surface area (Å²) >= 11 is 0. The molecule has 1 N–H and O–H groups in total. The van der Waals surface area contributed by atoms with Crippen LogP contribution in [0.25, 0.3) is 0 Å². The molecule has 1 unspecified atom stereocenters. The Morgan fingerprint density at radius 3 is 2.70 bits per heavy atom. The van der Waals surface area contributed by atoms with E-state index in [1.54, 1.807) is 18.1 Å². The maximum absolute atomic E-state index is 14.2. The van der Waals surface area contributed by atoms with E-state index in [1.807, 2.05) is 27.7 Å². The first-order valence-corrected chi connectivity index (χ1v) is 14.9. The molecular weight excluding hydrogens is 547 g/mol. The maximum atomic E-state index is 14.2.